The molecule has 0 spiro atoms. The Morgan fingerprint density at radius 3 is 2.46 bits per heavy atom. The van der Waals surface area contributed by atoms with Gasteiger partial charge in [-0.1, -0.05) is 46.3 Å². The Labute approximate surface area is 151 Å². The molecule has 24 heavy (non-hydrogen) atoms. The molecule has 0 unspecified atom stereocenters. The molecule has 0 aliphatic heterocycles. The summed E-state index contributed by atoms with van der Waals surface area (Å²) < 4.78 is 0.953. The highest BCUT2D eigenvalue weighted by Crippen LogP contribution is 2.20. The van der Waals surface area contributed by atoms with Crippen LogP contribution in [0.15, 0.2) is 53.0 Å². The molecule has 5 heteroatoms. The smallest absolute Gasteiger partial charge is 0.233 e. The monoisotopic (exact) mass is 388 g/mol. The van der Waals surface area contributed by atoms with Crippen LogP contribution in [0.2, 0.25) is 0 Å². The molecule has 0 saturated carbocycles. The third-order valence-electron chi connectivity index (χ3n) is 3.73. The van der Waals surface area contributed by atoms with Crippen LogP contribution in [0.1, 0.15) is 24.5 Å². The molecular formula is C19H21BrN2O2. The molecule has 4 nitrogen and oxygen atoms in total. The molecule has 2 amide bonds. The predicted octanol–water partition coefficient (Wildman–Crippen LogP) is 4.13. The number of aryl methyl sites for hydroxylation is 1. The van der Waals surface area contributed by atoms with Gasteiger partial charge in [-0.15, -0.1) is 0 Å². The summed E-state index contributed by atoms with van der Waals surface area (Å²) in [6.07, 6.45) is -0.157. The van der Waals surface area contributed by atoms with Gasteiger partial charge in [0.25, 0.3) is 0 Å². The number of amides is 2. The zero-order valence-electron chi connectivity index (χ0n) is 13.9. The second-order valence-corrected chi connectivity index (χ2v) is 6.49. The van der Waals surface area contributed by atoms with Crippen LogP contribution in [0.4, 0.5) is 5.69 Å². The SMILES string of the molecule is CCN(Cc1ccccc1)C(=O)CC(=O)Nc1ccc(Br)cc1C. The third kappa shape index (κ3) is 5.20. The highest BCUT2D eigenvalue weighted by Gasteiger charge is 2.17. The van der Waals surface area contributed by atoms with Crippen molar-refractivity contribution in [3.63, 3.8) is 0 Å². The molecule has 126 valence electrons. The Balaban J connectivity index is 1.95. The molecule has 2 aromatic rings. The molecule has 0 heterocycles. The fourth-order valence-electron chi connectivity index (χ4n) is 2.39. The first-order valence-electron chi connectivity index (χ1n) is 7.87. The molecule has 2 aromatic carbocycles. The zero-order valence-corrected chi connectivity index (χ0v) is 15.5. The number of nitrogens with one attached hydrogen (secondary N) is 1. The Bertz CT molecular complexity index is 717. The highest BCUT2D eigenvalue weighted by atomic mass is 79.9. The van der Waals surface area contributed by atoms with Crippen LogP contribution in [0.25, 0.3) is 0 Å². The average molecular weight is 389 g/mol. The lowest BCUT2D eigenvalue weighted by atomic mass is 10.2. The second-order valence-electron chi connectivity index (χ2n) is 5.58. The Kier molecular flexibility index (Phi) is 6.55. The van der Waals surface area contributed by atoms with E-state index >= 15 is 0 Å². The first kappa shape index (κ1) is 18.2. The van der Waals surface area contributed by atoms with Gasteiger partial charge in [-0.25, -0.2) is 0 Å². The van der Waals surface area contributed by atoms with Gasteiger partial charge in [-0.2, -0.15) is 0 Å². The normalized spacial score (nSPS) is 10.3. The van der Waals surface area contributed by atoms with Crippen molar-refractivity contribution in [2.75, 3.05) is 11.9 Å². The van der Waals surface area contributed by atoms with Crippen LogP contribution in [-0.2, 0) is 16.1 Å². The van der Waals surface area contributed by atoms with E-state index in [2.05, 4.69) is 21.2 Å². The van der Waals surface area contributed by atoms with Crippen LogP contribution in [-0.4, -0.2) is 23.3 Å². The summed E-state index contributed by atoms with van der Waals surface area (Å²) >= 11 is 3.39. The minimum Gasteiger partial charge on any atom is -0.338 e. The topological polar surface area (TPSA) is 49.4 Å². The van der Waals surface area contributed by atoms with Crippen molar-refractivity contribution < 1.29 is 9.59 Å². The molecule has 0 aliphatic rings. The Hall–Kier alpha value is -2.14. The molecule has 2 rings (SSSR count). The lowest BCUT2D eigenvalue weighted by Crippen LogP contribution is -2.33. The van der Waals surface area contributed by atoms with E-state index in [-0.39, 0.29) is 18.2 Å². The number of benzene rings is 2. The maximum Gasteiger partial charge on any atom is 0.233 e. The quantitative estimate of drug-likeness (QED) is 0.756. The average Bonchev–Trinajstić information content (AvgIpc) is 2.56. The van der Waals surface area contributed by atoms with Crippen molar-refractivity contribution >= 4 is 33.4 Å². The molecule has 0 radical (unpaired) electrons. The first-order chi connectivity index (χ1) is 11.5. The molecule has 0 fully saturated rings. The summed E-state index contributed by atoms with van der Waals surface area (Å²) in [6, 6.07) is 15.4. The lowest BCUT2D eigenvalue weighted by Gasteiger charge is -2.21. The minimum absolute atomic E-state index is 0.157. The number of hydrogen-bond donors (Lipinski definition) is 1. The summed E-state index contributed by atoms with van der Waals surface area (Å²) in [4.78, 5) is 26.2. The zero-order chi connectivity index (χ0) is 17.5. The summed E-state index contributed by atoms with van der Waals surface area (Å²) in [5, 5.41) is 2.80. The summed E-state index contributed by atoms with van der Waals surface area (Å²) in [5.74, 6) is -0.467. The maximum absolute atomic E-state index is 12.4. The number of carbonyl (C=O) groups is 2. The van der Waals surface area contributed by atoms with Crippen molar-refractivity contribution in [2.45, 2.75) is 26.8 Å². The number of hydrogen-bond acceptors (Lipinski definition) is 2. The van der Waals surface area contributed by atoms with Gasteiger partial charge in [0.05, 0.1) is 0 Å². The van der Waals surface area contributed by atoms with E-state index < -0.39 is 0 Å². The van der Waals surface area contributed by atoms with Crippen LogP contribution < -0.4 is 5.32 Å². The van der Waals surface area contributed by atoms with Gasteiger partial charge in [0.1, 0.15) is 6.42 Å². The van der Waals surface area contributed by atoms with E-state index in [4.69, 9.17) is 0 Å². The van der Waals surface area contributed by atoms with E-state index in [0.29, 0.717) is 13.1 Å². The minimum atomic E-state index is -0.295. The van der Waals surface area contributed by atoms with Crippen molar-refractivity contribution in [2.24, 2.45) is 0 Å². The van der Waals surface area contributed by atoms with E-state index in [0.717, 1.165) is 21.3 Å². The molecule has 0 aliphatic carbocycles. The summed E-state index contributed by atoms with van der Waals surface area (Å²) in [7, 11) is 0. The fourth-order valence-corrected chi connectivity index (χ4v) is 2.87. The molecule has 1 N–H and O–H groups in total. The van der Waals surface area contributed by atoms with Gasteiger partial charge in [0.15, 0.2) is 0 Å². The molecule has 0 aromatic heterocycles. The Morgan fingerprint density at radius 2 is 1.83 bits per heavy atom. The van der Waals surface area contributed by atoms with Crippen LogP contribution >= 0.6 is 15.9 Å². The van der Waals surface area contributed by atoms with Crippen molar-refractivity contribution in [1.82, 2.24) is 4.90 Å². The van der Waals surface area contributed by atoms with Crippen molar-refractivity contribution in [3.8, 4) is 0 Å². The van der Waals surface area contributed by atoms with Gasteiger partial charge >= 0.3 is 0 Å². The van der Waals surface area contributed by atoms with Crippen LogP contribution in [0, 0.1) is 6.92 Å². The number of rotatable bonds is 6. The summed E-state index contributed by atoms with van der Waals surface area (Å²) in [6.45, 7) is 4.91. The number of carbonyl (C=O) groups excluding carboxylic acids is 2. The molecule has 0 bridgehead atoms. The lowest BCUT2D eigenvalue weighted by molar-refractivity contribution is -0.134. The van der Waals surface area contributed by atoms with Crippen LogP contribution in [0.3, 0.4) is 0 Å². The molecule has 0 saturated heterocycles. The third-order valence-corrected chi connectivity index (χ3v) is 4.22. The van der Waals surface area contributed by atoms with Gasteiger partial charge in [-0.3, -0.25) is 9.59 Å². The molecule has 0 atom stereocenters. The van der Waals surface area contributed by atoms with E-state index in [1.165, 1.54) is 0 Å². The van der Waals surface area contributed by atoms with E-state index in [1.54, 1.807) is 4.90 Å². The predicted molar refractivity (Wildman–Crippen MR) is 99.7 cm³/mol. The van der Waals surface area contributed by atoms with Crippen molar-refractivity contribution in [3.05, 3.63) is 64.1 Å². The second kappa shape index (κ2) is 8.64. The fraction of sp³-hybridized carbons (Fsp3) is 0.263. The van der Waals surface area contributed by atoms with Gasteiger partial charge in [0.2, 0.25) is 11.8 Å². The first-order valence-corrected chi connectivity index (χ1v) is 8.66. The summed E-state index contributed by atoms with van der Waals surface area (Å²) in [5.41, 5.74) is 2.72. The van der Waals surface area contributed by atoms with E-state index in [9.17, 15) is 9.59 Å². The van der Waals surface area contributed by atoms with Crippen molar-refractivity contribution in [1.29, 1.82) is 0 Å². The van der Waals surface area contributed by atoms with Gasteiger partial charge < -0.3 is 10.2 Å². The largest absolute Gasteiger partial charge is 0.338 e. The van der Waals surface area contributed by atoms with E-state index in [1.807, 2.05) is 62.4 Å². The number of nitrogens with zero attached hydrogens (tertiary/aromatic N) is 1. The standard InChI is InChI=1S/C19H21BrN2O2/c1-3-22(13-15-7-5-4-6-8-15)19(24)12-18(23)21-17-10-9-16(20)11-14(17)2/h4-11H,3,12-13H2,1-2H3,(H,21,23). The molecular weight excluding hydrogens is 368 g/mol. The van der Waals surface area contributed by atoms with Gasteiger partial charge in [-0.05, 0) is 43.2 Å². The number of halogens is 1. The van der Waals surface area contributed by atoms with Gasteiger partial charge in [0, 0.05) is 23.2 Å². The maximum atomic E-state index is 12.4. The highest BCUT2D eigenvalue weighted by molar-refractivity contribution is 9.10. The number of anilines is 1. The van der Waals surface area contributed by atoms with Crippen LogP contribution in [0.5, 0.6) is 0 Å². The Morgan fingerprint density at radius 1 is 1.12 bits per heavy atom.